The number of hydrogen-bond acceptors (Lipinski definition) is 11. The molecule has 0 spiro atoms. The van der Waals surface area contributed by atoms with Crippen molar-refractivity contribution >= 4 is 34.1 Å². The summed E-state index contributed by atoms with van der Waals surface area (Å²) in [6.07, 6.45) is 0. The average molecular weight is 581 g/mol. The first-order valence-corrected chi connectivity index (χ1v) is 14.0. The quantitative estimate of drug-likeness (QED) is 0.190. The number of ether oxygens (including phenoxy) is 3. The summed E-state index contributed by atoms with van der Waals surface area (Å²) in [6, 6.07) is 13.3. The molecule has 0 bridgehead atoms. The fourth-order valence-corrected chi connectivity index (χ4v) is 5.97. The molecule has 3 unspecified atom stereocenters. The van der Waals surface area contributed by atoms with Gasteiger partial charge in [0.1, 0.15) is 0 Å². The number of carbonyl (C=O) groups excluding carboxylic acids is 2. The number of hydrogen-bond donors (Lipinski definition) is 2. The Morgan fingerprint density at radius 2 is 1.85 bits per heavy atom. The predicted octanol–water partition coefficient (Wildman–Crippen LogP) is 5.05. The second-order valence-electron chi connectivity index (χ2n) is 9.36. The Hall–Kier alpha value is -4.45. The van der Waals surface area contributed by atoms with Crippen molar-refractivity contribution < 1.29 is 28.7 Å². The van der Waals surface area contributed by atoms with Gasteiger partial charge < -0.3 is 24.8 Å². The van der Waals surface area contributed by atoms with Crippen molar-refractivity contribution in [1.29, 1.82) is 0 Å². The van der Waals surface area contributed by atoms with Crippen LogP contribution in [0.1, 0.15) is 39.2 Å². The van der Waals surface area contributed by atoms with Gasteiger partial charge in [0, 0.05) is 22.7 Å². The van der Waals surface area contributed by atoms with Gasteiger partial charge in [0.15, 0.2) is 16.4 Å². The largest absolute Gasteiger partial charge is 0.490 e. The van der Waals surface area contributed by atoms with E-state index in [1.165, 1.54) is 30.6 Å². The lowest BCUT2D eigenvalue weighted by molar-refractivity contribution is -0.385. The highest BCUT2D eigenvalue weighted by molar-refractivity contribution is 7.14. The maximum atomic E-state index is 14.0. The van der Waals surface area contributed by atoms with Crippen LogP contribution in [0, 0.1) is 10.1 Å². The highest BCUT2D eigenvalue weighted by atomic mass is 32.1. The SMILES string of the molecule is CCOC(=O)C1=C(C)NC(C)C(Nc2nc(-c3ccc(OC)c([N+](=O)[O-])c3)cs2)(C(=O)OCC)C1c1ccccc1. The molecule has 1 aliphatic heterocycles. The number of carbonyl (C=O) groups is 2. The van der Waals surface area contributed by atoms with Crippen molar-refractivity contribution in [2.75, 3.05) is 25.6 Å². The fraction of sp³-hybridized carbons (Fsp3) is 0.345. The molecule has 1 aromatic heterocycles. The summed E-state index contributed by atoms with van der Waals surface area (Å²) in [4.78, 5) is 43.1. The van der Waals surface area contributed by atoms with E-state index < -0.39 is 34.4 Å². The van der Waals surface area contributed by atoms with Crippen LogP contribution < -0.4 is 15.4 Å². The number of aromatic nitrogens is 1. The first-order valence-electron chi connectivity index (χ1n) is 13.1. The Labute approximate surface area is 241 Å². The van der Waals surface area contributed by atoms with Crippen LogP contribution in [-0.2, 0) is 19.1 Å². The third-order valence-corrected chi connectivity index (χ3v) is 7.75. The molecule has 0 aliphatic carbocycles. The van der Waals surface area contributed by atoms with Crippen molar-refractivity contribution in [3.05, 3.63) is 80.9 Å². The Balaban J connectivity index is 1.87. The summed E-state index contributed by atoms with van der Waals surface area (Å²) in [5.41, 5.74) is 0.878. The zero-order valence-electron chi connectivity index (χ0n) is 23.4. The van der Waals surface area contributed by atoms with Gasteiger partial charge in [0.05, 0.1) is 48.5 Å². The van der Waals surface area contributed by atoms with Crippen LogP contribution in [-0.4, -0.2) is 53.8 Å². The second-order valence-corrected chi connectivity index (χ2v) is 10.2. The zero-order chi connectivity index (χ0) is 29.7. The molecule has 0 fully saturated rings. The van der Waals surface area contributed by atoms with Gasteiger partial charge in [0.25, 0.3) is 0 Å². The normalized spacial score (nSPS) is 20.1. The Morgan fingerprint density at radius 3 is 2.49 bits per heavy atom. The molecule has 1 aliphatic rings. The number of esters is 2. The van der Waals surface area contributed by atoms with Gasteiger partial charge in [-0.15, -0.1) is 11.3 Å². The van der Waals surface area contributed by atoms with Gasteiger partial charge in [-0.05, 0) is 45.4 Å². The van der Waals surface area contributed by atoms with E-state index in [0.717, 1.165) is 0 Å². The van der Waals surface area contributed by atoms with E-state index in [1.807, 2.05) is 37.3 Å². The smallest absolute Gasteiger partial charge is 0.336 e. The van der Waals surface area contributed by atoms with Crippen molar-refractivity contribution in [1.82, 2.24) is 10.3 Å². The summed E-state index contributed by atoms with van der Waals surface area (Å²) in [6.45, 7) is 7.35. The molecule has 4 rings (SSSR count). The van der Waals surface area contributed by atoms with Gasteiger partial charge >= 0.3 is 17.6 Å². The molecule has 11 nitrogen and oxygen atoms in total. The van der Waals surface area contributed by atoms with Crippen LogP contribution in [0.25, 0.3) is 11.3 Å². The number of benzene rings is 2. The van der Waals surface area contributed by atoms with E-state index in [4.69, 9.17) is 14.2 Å². The molecule has 0 saturated carbocycles. The molecular formula is C29H32N4O7S. The first-order chi connectivity index (χ1) is 19.7. The maximum Gasteiger partial charge on any atom is 0.336 e. The molecule has 0 saturated heterocycles. The highest BCUT2D eigenvalue weighted by Crippen LogP contribution is 2.46. The minimum Gasteiger partial charge on any atom is -0.490 e. The number of rotatable bonds is 10. The zero-order valence-corrected chi connectivity index (χ0v) is 24.2. The number of anilines is 1. The van der Waals surface area contributed by atoms with E-state index in [9.17, 15) is 19.7 Å². The summed E-state index contributed by atoms with van der Waals surface area (Å²) in [5, 5.41) is 20.3. The third kappa shape index (κ3) is 5.60. The van der Waals surface area contributed by atoms with Gasteiger partial charge in [0.2, 0.25) is 0 Å². The molecule has 41 heavy (non-hydrogen) atoms. The summed E-state index contributed by atoms with van der Waals surface area (Å²) in [7, 11) is 1.37. The topological polar surface area (TPSA) is 142 Å². The van der Waals surface area contributed by atoms with Crippen LogP contribution in [0.4, 0.5) is 10.8 Å². The lowest BCUT2D eigenvalue weighted by Crippen LogP contribution is -2.66. The summed E-state index contributed by atoms with van der Waals surface area (Å²) in [5.74, 6) is -1.78. The Morgan fingerprint density at radius 1 is 1.15 bits per heavy atom. The van der Waals surface area contributed by atoms with E-state index in [0.29, 0.717) is 33.2 Å². The van der Waals surface area contributed by atoms with Crippen LogP contribution in [0.3, 0.4) is 0 Å². The first kappa shape index (κ1) is 29.5. The van der Waals surface area contributed by atoms with Crippen LogP contribution >= 0.6 is 11.3 Å². The van der Waals surface area contributed by atoms with Crippen molar-refractivity contribution in [3.63, 3.8) is 0 Å². The van der Waals surface area contributed by atoms with E-state index in [2.05, 4.69) is 15.6 Å². The number of methoxy groups -OCH3 is 1. The molecule has 0 radical (unpaired) electrons. The average Bonchev–Trinajstić information content (AvgIpc) is 3.42. The molecule has 0 amide bonds. The standard InChI is InChI=1S/C29H32N4O7S/c1-6-39-26(34)24-17(3)30-18(4)29(27(35)40-7-2,25(24)19-11-9-8-10-12-19)32-28-31-21(16-41-28)20-13-14-23(38-5)22(15-20)33(36)37/h8-16,18,25,30H,6-7H2,1-5H3,(H,31,32). The van der Waals surface area contributed by atoms with Crippen LogP contribution in [0.5, 0.6) is 5.75 Å². The molecule has 216 valence electrons. The number of nitro groups is 1. The molecule has 12 heteroatoms. The summed E-state index contributed by atoms with van der Waals surface area (Å²) < 4.78 is 16.2. The number of nitrogens with zero attached hydrogens (tertiary/aromatic N) is 2. The summed E-state index contributed by atoms with van der Waals surface area (Å²) >= 11 is 1.23. The molecule has 2 aromatic carbocycles. The van der Waals surface area contributed by atoms with Gasteiger partial charge in [-0.25, -0.2) is 14.6 Å². The Kier molecular flexibility index (Phi) is 8.92. The third-order valence-electron chi connectivity index (χ3n) is 6.99. The van der Waals surface area contributed by atoms with Crippen molar-refractivity contribution in [3.8, 4) is 17.0 Å². The van der Waals surface area contributed by atoms with Crippen molar-refractivity contribution in [2.45, 2.75) is 45.2 Å². The van der Waals surface area contributed by atoms with E-state index >= 15 is 0 Å². The molecule has 2 N–H and O–H groups in total. The van der Waals surface area contributed by atoms with Crippen molar-refractivity contribution in [2.24, 2.45) is 0 Å². The second kappa shape index (κ2) is 12.4. The van der Waals surface area contributed by atoms with Gasteiger partial charge in [-0.2, -0.15) is 0 Å². The van der Waals surface area contributed by atoms with E-state index in [-0.39, 0.29) is 24.7 Å². The lowest BCUT2D eigenvalue weighted by Gasteiger charge is -2.48. The molecule has 2 heterocycles. The van der Waals surface area contributed by atoms with Gasteiger partial charge in [-0.1, -0.05) is 30.3 Å². The number of allylic oxidation sites excluding steroid dienone is 1. The number of nitro benzene ring substituents is 1. The number of thiazole rings is 1. The highest BCUT2D eigenvalue weighted by Gasteiger charge is 2.58. The minimum atomic E-state index is -1.51. The van der Waals surface area contributed by atoms with Crippen LogP contribution in [0.15, 0.2) is 65.2 Å². The molecular weight excluding hydrogens is 548 g/mol. The maximum absolute atomic E-state index is 14.0. The van der Waals surface area contributed by atoms with Gasteiger partial charge in [-0.3, -0.25) is 10.1 Å². The predicted molar refractivity (Wildman–Crippen MR) is 155 cm³/mol. The number of nitrogens with one attached hydrogen (secondary N) is 2. The molecule has 3 aromatic rings. The monoisotopic (exact) mass is 580 g/mol. The minimum absolute atomic E-state index is 0.118. The van der Waals surface area contributed by atoms with E-state index in [1.54, 1.807) is 32.2 Å². The Bertz CT molecular complexity index is 1470. The van der Waals surface area contributed by atoms with Crippen LogP contribution in [0.2, 0.25) is 0 Å². The fourth-order valence-electron chi connectivity index (χ4n) is 5.17. The molecule has 3 atom stereocenters. The lowest BCUT2D eigenvalue weighted by atomic mass is 9.68.